The lowest BCUT2D eigenvalue weighted by Gasteiger charge is -2.08. The standard InChI is InChI=1S/C8H7F3O.Cl2O2S/c1-6-3-2-4-7(5-6)12-8(9,10)11;1-5(2,3)4/h2-5H,1H3;. The molecule has 0 amide bonds. The highest BCUT2D eigenvalue weighted by Crippen LogP contribution is 2.22. The maximum atomic E-state index is 11.7. The van der Waals surface area contributed by atoms with Gasteiger partial charge in [0.25, 0.3) is 0 Å². The summed E-state index contributed by atoms with van der Waals surface area (Å²) in [6, 6.07) is 5.80. The predicted octanol–water partition coefficient (Wildman–Crippen LogP) is 3.60. The van der Waals surface area contributed by atoms with Crippen LogP contribution in [0, 0.1) is 6.92 Å². The molecule has 3 nitrogen and oxygen atoms in total. The van der Waals surface area contributed by atoms with Crippen molar-refractivity contribution in [3.05, 3.63) is 29.8 Å². The highest BCUT2D eigenvalue weighted by Gasteiger charge is 2.30. The van der Waals surface area contributed by atoms with E-state index in [2.05, 4.69) is 26.1 Å². The van der Waals surface area contributed by atoms with Crippen LogP contribution in [0.2, 0.25) is 0 Å². The summed E-state index contributed by atoms with van der Waals surface area (Å²) in [5.41, 5.74) is 0.733. The van der Waals surface area contributed by atoms with E-state index in [4.69, 9.17) is 8.42 Å². The Morgan fingerprint density at radius 2 is 1.71 bits per heavy atom. The van der Waals surface area contributed by atoms with Gasteiger partial charge in [-0.25, -0.2) is 0 Å². The highest BCUT2D eigenvalue weighted by molar-refractivity contribution is 8.31. The first-order valence-electron chi connectivity index (χ1n) is 3.94. The molecule has 0 saturated heterocycles. The minimum absolute atomic E-state index is 0.178. The quantitative estimate of drug-likeness (QED) is 0.744. The summed E-state index contributed by atoms with van der Waals surface area (Å²) in [7, 11) is 4.81. The summed E-state index contributed by atoms with van der Waals surface area (Å²) in [4.78, 5) is 0. The second-order valence-electron chi connectivity index (χ2n) is 2.74. The number of halogens is 5. The molecule has 1 rings (SSSR count). The summed E-state index contributed by atoms with van der Waals surface area (Å²) >= 11 is 0. The van der Waals surface area contributed by atoms with E-state index < -0.39 is 14.6 Å². The van der Waals surface area contributed by atoms with Crippen LogP contribution in [0.25, 0.3) is 0 Å². The van der Waals surface area contributed by atoms with E-state index in [0.717, 1.165) is 5.56 Å². The van der Waals surface area contributed by atoms with Crippen LogP contribution in [-0.4, -0.2) is 14.8 Å². The predicted molar refractivity (Wildman–Crippen MR) is 58.5 cm³/mol. The van der Waals surface area contributed by atoms with Crippen LogP contribution in [-0.2, 0) is 8.26 Å². The Hall–Kier alpha value is -0.660. The average molecular weight is 311 g/mol. The normalized spacial score (nSPS) is 11.4. The lowest BCUT2D eigenvalue weighted by Crippen LogP contribution is -2.17. The van der Waals surface area contributed by atoms with E-state index in [1.807, 2.05) is 0 Å². The summed E-state index contributed by atoms with van der Waals surface area (Å²) in [5.74, 6) is -0.178. The van der Waals surface area contributed by atoms with Gasteiger partial charge in [0.2, 0.25) is 0 Å². The summed E-state index contributed by atoms with van der Waals surface area (Å²) < 4.78 is 57.0. The molecule has 0 aliphatic carbocycles. The zero-order valence-corrected chi connectivity index (χ0v) is 10.7. The molecule has 0 fully saturated rings. The van der Waals surface area contributed by atoms with Crippen LogP contribution in [0.3, 0.4) is 0 Å². The molecule has 0 aromatic heterocycles. The van der Waals surface area contributed by atoms with Crippen molar-refractivity contribution in [3.63, 3.8) is 0 Å². The molecule has 17 heavy (non-hydrogen) atoms. The molecule has 0 aliphatic rings. The number of ether oxygens (including phenoxy) is 1. The van der Waals surface area contributed by atoms with Crippen molar-refractivity contribution in [2.75, 3.05) is 0 Å². The fourth-order valence-electron chi connectivity index (χ4n) is 0.812. The second-order valence-corrected chi connectivity index (χ2v) is 6.41. The van der Waals surface area contributed by atoms with E-state index in [1.54, 1.807) is 13.0 Å². The number of rotatable bonds is 1. The molecule has 98 valence electrons. The fraction of sp³-hybridized carbons (Fsp3) is 0.250. The molecule has 0 heterocycles. The van der Waals surface area contributed by atoms with Gasteiger partial charge in [0.05, 0.1) is 0 Å². The van der Waals surface area contributed by atoms with Crippen LogP contribution in [0.5, 0.6) is 5.75 Å². The molecule has 1 aromatic carbocycles. The first-order chi connectivity index (χ1) is 7.47. The van der Waals surface area contributed by atoms with Gasteiger partial charge in [0.15, 0.2) is 0 Å². The molecule has 0 N–H and O–H groups in total. The smallest absolute Gasteiger partial charge is 0.406 e. The Balaban J connectivity index is 0.000000437. The third-order valence-electron chi connectivity index (χ3n) is 1.22. The first kappa shape index (κ1) is 16.3. The minimum Gasteiger partial charge on any atom is -0.406 e. The average Bonchev–Trinajstić information content (AvgIpc) is 1.96. The molecular formula is C8H7Cl2F3O3S. The molecule has 0 unspecified atom stereocenters. The molecule has 0 radical (unpaired) electrons. The number of hydrogen-bond donors (Lipinski definition) is 0. The van der Waals surface area contributed by atoms with Crippen LogP contribution >= 0.6 is 21.4 Å². The molecule has 0 aliphatic heterocycles. The van der Waals surface area contributed by atoms with Gasteiger partial charge in [0.1, 0.15) is 5.75 Å². The van der Waals surface area contributed by atoms with Gasteiger partial charge in [-0.2, -0.15) is 8.42 Å². The van der Waals surface area contributed by atoms with E-state index >= 15 is 0 Å². The largest absolute Gasteiger partial charge is 0.573 e. The number of aryl methyl sites for hydroxylation is 1. The van der Waals surface area contributed by atoms with E-state index in [1.165, 1.54) is 18.2 Å². The highest BCUT2D eigenvalue weighted by atomic mass is 36.0. The minimum atomic E-state index is -4.60. The molecular weight excluding hydrogens is 304 g/mol. The van der Waals surface area contributed by atoms with E-state index in [0.29, 0.717) is 0 Å². The van der Waals surface area contributed by atoms with Gasteiger partial charge < -0.3 is 4.74 Å². The fourth-order valence-corrected chi connectivity index (χ4v) is 0.812. The van der Waals surface area contributed by atoms with Crippen molar-refractivity contribution in [2.45, 2.75) is 13.3 Å². The Bertz CT molecular complexity index is 451. The van der Waals surface area contributed by atoms with Gasteiger partial charge in [-0.15, -0.1) is 13.2 Å². The summed E-state index contributed by atoms with van der Waals surface area (Å²) in [6.45, 7) is 1.70. The van der Waals surface area contributed by atoms with Gasteiger partial charge in [0, 0.05) is 21.4 Å². The Morgan fingerprint density at radius 3 is 2.06 bits per heavy atom. The summed E-state index contributed by atoms with van der Waals surface area (Å²) in [5, 5.41) is 0. The van der Waals surface area contributed by atoms with Crippen molar-refractivity contribution in [1.82, 2.24) is 0 Å². The molecule has 0 bridgehead atoms. The monoisotopic (exact) mass is 310 g/mol. The Kier molecular flexibility index (Phi) is 6.08. The van der Waals surface area contributed by atoms with Crippen molar-refractivity contribution < 1.29 is 26.3 Å². The van der Waals surface area contributed by atoms with Gasteiger partial charge in [-0.05, 0) is 24.6 Å². The zero-order valence-electron chi connectivity index (χ0n) is 8.33. The molecule has 0 spiro atoms. The third-order valence-corrected chi connectivity index (χ3v) is 1.22. The Labute approximate surface area is 105 Å². The topological polar surface area (TPSA) is 43.4 Å². The van der Waals surface area contributed by atoms with Crippen molar-refractivity contribution >= 4 is 29.6 Å². The second kappa shape index (κ2) is 6.32. The molecule has 0 saturated carbocycles. The van der Waals surface area contributed by atoms with Gasteiger partial charge >= 0.3 is 14.6 Å². The van der Waals surface area contributed by atoms with Crippen LogP contribution in [0.4, 0.5) is 13.2 Å². The lowest BCUT2D eigenvalue weighted by atomic mass is 10.2. The van der Waals surface area contributed by atoms with Crippen molar-refractivity contribution in [1.29, 1.82) is 0 Å². The maximum Gasteiger partial charge on any atom is 0.573 e. The maximum absolute atomic E-state index is 11.7. The molecule has 9 heteroatoms. The lowest BCUT2D eigenvalue weighted by molar-refractivity contribution is -0.274. The number of hydrogen-bond acceptors (Lipinski definition) is 3. The molecule has 1 aromatic rings. The SMILES string of the molecule is Cc1cccc(OC(F)(F)F)c1.O=S(=O)(Cl)Cl. The number of benzene rings is 1. The number of alkyl halides is 3. The Morgan fingerprint density at radius 1 is 1.24 bits per heavy atom. The summed E-state index contributed by atoms with van der Waals surface area (Å²) in [6.07, 6.45) is -4.60. The van der Waals surface area contributed by atoms with E-state index in [-0.39, 0.29) is 5.75 Å². The van der Waals surface area contributed by atoms with Crippen molar-refractivity contribution in [2.24, 2.45) is 0 Å². The zero-order chi connectivity index (χ0) is 13.7. The first-order valence-corrected chi connectivity index (χ1v) is 7.07. The molecule has 0 atom stereocenters. The third kappa shape index (κ3) is 13.3. The van der Waals surface area contributed by atoms with Crippen molar-refractivity contribution in [3.8, 4) is 5.75 Å². The van der Waals surface area contributed by atoms with Crippen LogP contribution < -0.4 is 4.74 Å². The van der Waals surface area contributed by atoms with E-state index in [9.17, 15) is 13.2 Å². The van der Waals surface area contributed by atoms with Gasteiger partial charge in [-0.1, -0.05) is 12.1 Å². The van der Waals surface area contributed by atoms with Gasteiger partial charge in [-0.3, -0.25) is 0 Å². The van der Waals surface area contributed by atoms with Crippen LogP contribution in [0.15, 0.2) is 24.3 Å². The van der Waals surface area contributed by atoms with Crippen LogP contribution in [0.1, 0.15) is 5.56 Å².